The zero-order valence-corrected chi connectivity index (χ0v) is 9.17. The predicted molar refractivity (Wildman–Crippen MR) is 57.9 cm³/mol. The van der Waals surface area contributed by atoms with Crippen molar-refractivity contribution in [2.75, 3.05) is 0 Å². The Hall–Kier alpha value is -1.65. The molecule has 5 nitrogen and oxygen atoms in total. The average Bonchev–Trinajstić information content (AvgIpc) is 2.61. The molecule has 0 N–H and O–H groups in total. The lowest BCUT2D eigenvalue weighted by Crippen LogP contribution is -2.03. The average molecular weight is 209 g/mol. The number of nitro groups is 1. The number of aromatic nitrogens is 2. The van der Waals surface area contributed by atoms with E-state index in [2.05, 4.69) is 4.98 Å². The third-order valence-electron chi connectivity index (χ3n) is 2.16. The van der Waals surface area contributed by atoms with Crippen molar-refractivity contribution in [1.29, 1.82) is 0 Å². The van der Waals surface area contributed by atoms with E-state index in [1.807, 2.05) is 18.4 Å². The molecular formula is C10H15N3O2. The molecule has 0 aliphatic heterocycles. The Morgan fingerprint density at radius 2 is 2.40 bits per heavy atom. The van der Waals surface area contributed by atoms with Crippen LogP contribution in [0.1, 0.15) is 38.9 Å². The summed E-state index contributed by atoms with van der Waals surface area (Å²) >= 11 is 0. The third-order valence-corrected chi connectivity index (χ3v) is 2.16. The second-order valence-corrected chi connectivity index (χ2v) is 3.57. The smallest absolute Gasteiger partial charge is 0.248 e. The van der Waals surface area contributed by atoms with Gasteiger partial charge in [-0.3, -0.25) is 10.1 Å². The molecule has 0 aliphatic rings. The van der Waals surface area contributed by atoms with Crippen molar-refractivity contribution in [3.05, 3.63) is 34.0 Å². The zero-order valence-electron chi connectivity index (χ0n) is 9.17. The zero-order chi connectivity index (χ0) is 11.4. The van der Waals surface area contributed by atoms with Crippen LogP contribution >= 0.6 is 0 Å². The van der Waals surface area contributed by atoms with Crippen molar-refractivity contribution in [1.82, 2.24) is 9.55 Å². The van der Waals surface area contributed by atoms with Crippen LogP contribution in [0.4, 0.5) is 0 Å². The monoisotopic (exact) mass is 209 g/mol. The molecule has 0 bridgehead atoms. The first-order valence-electron chi connectivity index (χ1n) is 4.93. The molecule has 0 spiro atoms. The van der Waals surface area contributed by atoms with E-state index in [0.29, 0.717) is 6.42 Å². The Labute approximate surface area is 88.6 Å². The van der Waals surface area contributed by atoms with Gasteiger partial charge in [0.1, 0.15) is 0 Å². The SMILES string of the molecule is CCC(=Cc1cncn1C(C)C)[N+](=O)[O-]. The molecule has 1 aromatic rings. The summed E-state index contributed by atoms with van der Waals surface area (Å²) in [4.78, 5) is 14.3. The number of allylic oxidation sites excluding steroid dienone is 1. The molecule has 0 aromatic carbocycles. The number of hydrogen-bond acceptors (Lipinski definition) is 3. The van der Waals surface area contributed by atoms with Crippen molar-refractivity contribution >= 4 is 6.08 Å². The normalized spacial score (nSPS) is 12.1. The summed E-state index contributed by atoms with van der Waals surface area (Å²) in [7, 11) is 0. The summed E-state index contributed by atoms with van der Waals surface area (Å²) in [5, 5.41) is 10.6. The molecule has 1 aromatic heterocycles. The second kappa shape index (κ2) is 4.72. The molecule has 0 saturated heterocycles. The Morgan fingerprint density at radius 1 is 1.73 bits per heavy atom. The van der Waals surface area contributed by atoms with Gasteiger partial charge in [-0.1, -0.05) is 6.92 Å². The van der Waals surface area contributed by atoms with Crippen molar-refractivity contribution < 1.29 is 4.92 Å². The van der Waals surface area contributed by atoms with Gasteiger partial charge in [0, 0.05) is 18.5 Å². The van der Waals surface area contributed by atoms with Gasteiger partial charge in [0.15, 0.2) is 0 Å². The fourth-order valence-electron chi connectivity index (χ4n) is 1.31. The van der Waals surface area contributed by atoms with Crippen molar-refractivity contribution in [2.24, 2.45) is 0 Å². The topological polar surface area (TPSA) is 61.0 Å². The van der Waals surface area contributed by atoms with Crippen LogP contribution in [-0.2, 0) is 0 Å². The van der Waals surface area contributed by atoms with E-state index in [4.69, 9.17) is 0 Å². The summed E-state index contributed by atoms with van der Waals surface area (Å²) in [5.41, 5.74) is 0.982. The van der Waals surface area contributed by atoms with Crippen LogP contribution in [-0.4, -0.2) is 14.5 Å². The van der Waals surface area contributed by atoms with Crippen LogP contribution in [0.5, 0.6) is 0 Å². The Morgan fingerprint density at radius 3 is 2.87 bits per heavy atom. The third kappa shape index (κ3) is 2.65. The first-order chi connectivity index (χ1) is 7.06. The second-order valence-electron chi connectivity index (χ2n) is 3.57. The minimum absolute atomic E-state index is 0.206. The highest BCUT2D eigenvalue weighted by Gasteiger charge is 2.10. The van der Waals surface area contributed by atoms with Gasteiger partial charge in [0.2, 0.25) is 5.70 Å². The van der Waals surface area contributed by atoms with Crippen molar-refractivity contribution in [3.8, 4) is 0 Å². The molecule has 82 valence electrons. The quantitative estimate of drug-likeness (QED) is 0.565. The largest absolute Gasteiger partial charge is 0.328 e. The standard InChI is InChI=1S/C10H15N3O2/c1-4-9(13(14)15)5-10-6-11-7-12(10)8(2)3/h5-8H,4H2,1-3H3. The number of hydrogen-bond donors (Lipinski definition) is 0. The van der Waals surface area contributed by atoms with Crippen LogP contribution in [0.3, 0.4) is 0 Å². The summed E-state index contributed by atoms with van der Waals surface area (Å²) in [6.07, 6.45) is 5.31. The van der Waals surface area contributed by atoms with Gasteiger partial charge in [-0.15, -0.1) is 0 Å². The minimum Gasteiger partial charge on any atom is -0.328 e. The van der Waals surface area contributed by atoms with Gasteiger partial charge in [-0.25, -0.2) is 4.98 Å². The van der Waals surface area contributed by atoms with Crippen LogP contribution in [0, 0.1) is 10.1 Å². The van der Waals surface area contributed by atoms with Gasteiger partial charge in [0.05, 0.1) is 23.1 Å². The van der Waals surface area contributed by atoms with Crippen LogP contribution in [0.25, 0.3) is 6.08 Å². The fraction of sp³-hybridized carbons (Fsp3) is 0.500. The van der Waals surface area contributed by atoms with Gasteiger partial charge in [0.25, 0.3) is 0 Å². The Kier molecular flexibility index (Phi) is 3.60. The summed E-state index contributed by atoms with van der Waals surface area (Å²) in [5.74, 6) is 0. The van der Waals surface area contributed by atoms with Crippen LogP contribution in [0.15, 0.2) is 18.2 Å². The lowest BCUT2D eigenvalue weighted by molar-refractivity contribution is -0.425. The molecule has 0 radical (unpaired) electrons. The molecule has 0 fully saturated rings. The predicted octanol–water partition coefficient (Wildman–Crippen LogP) is 2.49. The molecule has 0 unspecified atom stereocenters. The highest BCUT2D eigenvalue weighted by atomic mass is 16.6. The maximum Gasteiger partial charge on any atom is 0.248 e. The number of imidazole rings is 1. The van der Waals surface area contributed by atoms with Crippen molar-refractivity contribution in [3.63, 3.8) is 0 Å². The van der Waals surface area contributed by atoms with Crippen LogP contribution < -0.4 is 0 Å². The maximum atomic E-state index is 10.6. The first kappa shape index (κ1) is 11.4. The van der Waals surface area contributed by atoms with Crippen LogP contribution in [0.2, 0.25) is 0 Å². The highest BCUT2D eigenvalue weighted by molar-refractivity contribution is 5.46. The van der Waals surface area contributed by atoms with E-state index in [-0.39, 0.29) is 16.7 Å². The molecule has 0 amide bonds. The maximum absolute atomic E-state index is 10.6. The lowest BCUT2D eigenvalue weighted by atomic mass is 10.2. The molecule has 5 heteroatoms. The van der Waals surface area contributed by atoms with Crippen molar-refractivity contribution in [2.45, 2.75) is 33.2 Å². The van der Waals surface area contributed by atoms with E-state index in [0.717, 1.165) is 5.69 Å². The molecule has 1 rings (SSSR count). The van der Waals surface area contributed by atoms with Gasteiger partial charge >= 0.3 is 0 Å². The molecule has 0 saturated carbocycles. The molecular weight excluding hydrogens is 194 g/mol. The summed E-state index contributed by atoms with van der Waals surface area (Å²) in [6.45, 7) is 5.79. The Bertz CT molecular complexity index is 380. The highest BCUT2D eigenvalue weighted by Crippen LogP contribution is 2.14. The van der Waals surface area contributed by atoms with E-state index >= 15 is 0 Å². The minimum atomic E-state index is -0.350. The number of nitrogens with zero attached hydrogens (tertiary/aromatic N) is 3. The Balaban J connectivity index is 3.06. The van der Waals surface area contributed by atoms with E-state index in [1.54, 1.807) is 25.5 Å². The van der Waals surface area contributed by atoms with Gasteiger partial charge in [-0.05, 0) is 13.8 Å². The van der Waals surface area contributed by atoms with Gasteiger partial charge in [-0.2, -0.15) is 0 Å². The molecule has 0 atom stereocenters. The van der Waals surface area contributed by atoms with E-state index in [9.17, 15) is 10.1 Å². The number of rotatable bonds is 4. The fourth-order valence-corrected chi connectivity index (χ4v) is 1.31. The molecule has 15 heavy (non-hydrogen) atoms. The summed E-state index contributed by atoms with van der Waals surface area (Å²) in [6, 6.07) is 0.253. The molecule has 0 aliphatic carbocycles. The van der Waals surface area contributed by atoms with E-state index < -0.39 is 0 Å². The van der Waals surface area contributed by atoms with Gasteiger partial charge < -0.3 is 4.57 Å². The van der Waals surface area contributed by atoms with E-state index in [1.165, 1.54) is 0 Å². The lowest BCUT2D eigenvalue weighted by Gasteiger charge is -2.08. The first-order valence-corrected chi connectivity index (χ1v) is 4.93. The summed E-state index contributed by atoms with van der Waals surface area (Å²) < 4.78 is 1.90. The molecule has 1 heterocycles.